The molecule has 1 aromatic rings. The number of carbonyl (C=O) groups excluding carboxylic acids is 1. The molecule has 1 atom stereocenters. The summed E-state index contributed by atoms with van der Waals surface area (Å²) in [5.74, 6) is -0.119. The van der Waals surface area contributed by atoms with Crippen LogP contribution in [0, 0.1) is 5.41 Å². The molecule has 0 saturated carbocycles. The lowest BCUT2D eigenvalue weighted by atomic mass is 9.66. The quantitative estimate of drug-likeness (QED) is 0.793. The smallest absolute Gasteiger partial charge is 0.306 e. The molecule has 1 fully saturated rings. The van der Waals surface area contributed by atoms with E-state index in [4.69, 9.17) is 4.74 Å². The van der Waals surface area contributed by atoms with Crippen molar-refractivity contribution in [3.05, 3.63) is 35.9 Å². The van der Waals surface area contributed by atoms with E-state index in [1.807, 2.05) is 25.1 Å². The minimum atomic E-state index is -0.520. The van der Waals surface area contributed by atoms with Gasteiger partial charge >= 0.3 is 5.97 Å². The van der Waals surface area contributed by atoms with Crippen LogP contribution in [0.3, 0.4) is 0 Å². The maximum atomic E-state index is 12.0. The Balaban J connectivity index is 2.46. The summed E-state index contributed by atoms with van der Waals surface area (Å²) >= 11 is 0. The van der Waals surface area contributed by atoms with E-state index in [2.05, 4.69) is 37.9 Å². The molecule has 110 valence electrons. The van der Waals surface area contributed by atoms with Crippen LogP contribution in [-0.2, 0) is 15.1 Å². The Morgan fingerprint density at radius 3 is 2.50 bits per heavy atom. The van der Waals surface area contributed by atoms with E-state index in [1.54, 1.807) is 0 Å². The highest BCUT2D eigenvalue weighted by molar-refractivity contribution is 5.70. The molecule has 2 rings (SSSR count). The molecule has 0 unspecified atom stereocenters. The maximum absolute atomic E-state index is 12.0. The Labute approximate surface area is 121 Å². The van der Waals surface area contributed by atoms with E-state index in [0.717, 1.165) is 25.1 Å². The summed E-state index contributed by atoms with van der Waals surface area (Å²) in [6.07, 6.45) is 1.26. The predicted octanol–water partition coefficient (Wildman–Crippen LogP) is 3.20. The molecule has 20 heavy (non-hydrogen) atoms. The van der Waals surface area contributed by atoms with Crippen molar-refractivity contribution < 1.29 is 9.53 Å². The van der Waals surface area contributed by atoms with Gasteiger partial charge in [0.05, 0.1) is 0 Å². The van der Waals surface area contributed by atoms with Crippen LogP contribution in [0.2, 0.25) is 0 Å². The number of likely N-dealkylation sites (tertiary alicyclic amines) is 1. The van der Waals surface area contributed by atoms with E-state index >= 15 is 0 Å². The van der Waals surface area contributed by atoms with Crippen LogP contribution >= 0.6 is 0 Å². The number of esters is 1. The van der Waals surface area contributed by atoms with Crippen LogP contribution in [0.15, 0.2) is 30.3 Å². The first kappa shape index (κ1) is 15.0. The molecule has 1 aliphatic rings. The third kappa shape index (κ3) is 2.59. The molecule has 0 amide bonds. The molecular weight excluding hydrogens is 250 g/mol. The van der Waals surface area contributed by atoms with E-state index in [-0.39, 0.29) is 11.4 Å². The molecule has 0 N–H and O–H groups in total. The van der Waals surface area contributed by atoms with Gasteiger partial charge in [-0.1, -0.05) is 51.1 Å². The lowest BCUT2D eigenvalue weighted by Gasteiger charge is -2.52. The Morgan fingerprint density at radius 2 is 1.95 bits per heavy atom. The molecule has 1 heterocycles. The monoisotopic (exact) mass is 275 g/mol. The first-order valence-electron chi connectivity index (χ1n) is 7.37. The van der Waals surface area contributed by atoms with E-state index in [1.165, 1.54) is 0 Å². The fraction of sp³-hybridized carbons (Fsp3) is 0.588. The molecule has 0 bridgehead atoms. The Kier molecular flexibility index (Phi) is 4.19. The predicted molar refractivity (Wildman–Crippen MR) is 80.4 cm³/mol. The van der Waals surface area contributed by atoms with E-state index in [9.17, 15) is 4.79 Å². The number of piperidine rings is 1. The van der Waals surface area contributed by atoms with E-state index < -0.39 is 5.60 Å². The van der Waals surface area contributed by atoms with Crippen molar-refractivity contribution in [1.29, 1.82) is 0 Å². The molecule has 1 aromatic carbocycles. The number of rotatable bonds is 3. The van der Waals surface area contributed by atoms with Gasteiger partial charge in [0.1, 0.15) is 5.60 Å². The highest BCUT2D eigenvalue weighted by Gasteiger charge is 2.52. The van der Waals surface area contributed by atoms with Crippen molar-refractivity contribution in [1.82, 2.24) is 4.90 Å². The molecule has 0 spiro atoms. The summed E-state index contributed by atoms with van der Waals surface area (Å²) in [7, 11) is 2.12. The van der Waals surface area contributed by atoms with Crippen LogP contribution in [0.1, 0.15) is 39.2 Å². The third-order valence-electron chi connectivity index (χ3n) is 4.42. The van der Waals surface area contributed by atoms with Crippen LogP contribution < -0.4 is 0 Å². The Morgan fingerprint density at radius 1 is 1.30 bits per heavy atom. The van der Waals surface area contributed by atoms with Crippen molar-refractivity contribution in [3.8, 4) is 0 Å². The van der Waals surface area contributed by atoms with Crippen molar-refractivity contribution in [3.63, 3.8) is 0 Å². The number of nitrogens with zero attached hydrogens (tertiary/aromatic N) is 1. The number of ether oxygens (including phenoxy) is 1. The van der Waals surface area contributed by atoms with Crippen molar-refractivity contribution in [2.75, 3.05) is 20.1 Å². The van der Waals surface area contributed by atoms with Gasteiger partial charge in [0.15, 0.2) is 0 Å². The Hall–Kier alpha value is -1.35. The van der Waals surface area contributed by atoms with Gasteiger partial charge in [0.2, 0.25) is 0 Å². The van der Waals surface area contributed by atoms with Crippen LogP contribution in [0.4, 0.5) is 0 Å². The molecule has 1 aliphatic heterocycles. The van der Waals surface area contributed by atoms with Crippen molar-refractivity contribution in [2.24, 2.45) is 5.41 Å². The average Bonchev–Trinajstić information content (AvgIpc) is 2.42. The zero-order valence-corrected chi connectivity index (χ0v) is 13.0. The summed E-state index contributed by atoms with van der Waals surface area (Å²) in [5.41, 5.74) is 0.472. The molecule has 0 aliphatic carbocycles. The van der Waals surface area contributed by atoms with Gasteiger partial charge in [-0.2, -0.15) is 0 Å². The second-order valence-corrected chi connectivity index (χ2v) is 6.39. The second kappa shape index (κ2) is 5.57. The summed E-state index contributed by atoms with van der Waals surface area (Å²) in [6.45, 7) is 8.09. The van der Waals surface area contributed by atoms with Gasteiger partial charge in [0, 0.05) is 31.3 Å². The molecule has 0 radical (unpaired) electrons. The first-order chi connectivity index (χ1) is 9.41. The second-order valence-electron chi connectivity index (χ2n) is 6.39. The van der Waals surface area contributed by atoms with Gasteiger partial charge < -0.3 is 9.64 Å². The van der Waals surface area contributed by atoms with Crippen LogP contribution in [-0.4, -0.2) is 31.0 Å². The minimum absolute atomic E-state index is 0.119. The zero-order valence-electron chi connectivity index (χ0n) is 13.0. The maximum Gasteiger partial charge on any atom is 0.306 e. The summed E-state index contributed by atoms with van der Waals surface area (Å²) in [5, 5.41) is 0. The minimum Gasteiger partial charge on any atom is -0.453 e. The number of carbonyl (C=O) groups is 1. The molecule has 3 heteroatoms. The Bertz CT molecular complexity index is 469. The summed E-state index contributed by atoms with van der Waals surface area (Å²) < 4.78 is 6.01. The summed E-state index contributed by atoms with van der Waals surface area (Å²) in [6, 6.07) is 10.2. The first-order valence-corrected chi connectivity index (χ1v) is 7.37. The van der Waals surface area contributed by atoms with Crippen molar-refractivity contribution >= 4 is 5.97 Å². The van der Waals surface area contributed by atoms with Gasteiger partial charge in [0.25, 0.3) is 0 Å². The topological polar surface area (TPSA) is 29.5 Å². The lowest BCUT2D eigenvalue weighted by Crippen LogP contribution is -2.56. The molecular formula is C17H25NO2. The number of hydrogen-bond acceptors (Lipinski definition) is 3. The molecule has 3 nitrogen and oxygen atoms in total. The largest absolute Gasteiger partial charge is 0.453 e. The average molecular weight is 275 g/mol. The van der Waals surface area contributed by atoms with Crippen LogP contribution in [0.25, 0.3) is 0 Å². The standard InChI is InChI=1S/C17H25NO2/c1-5-15(19)20-17(14-9-7-6-8-10-14)11-12-18(4)13-16(17,2)3/h6-10H,5,11-13H2,1-4H3/t17-/m0/s1. The molecule has 1 saturated heterocycles. The third-order valence-corrected chi connectivity index (χ3v) is 4.42. The van der Waals surface area contributed by atoms with Gasteiger partial charge in [-0.3, -0.25) is 4.79 Å². The molecule has 0 aromatic heterocycles. The van der Waals surface area contributed by atoms with Gasteiger partial charge in [-0.15, -0.1) is 0 Å². The highest BCUT2D eigenvalue weighted by Crippen LogP contribution is 2.48. The summed E-state index contributed by atoms with van der Waals surface area (Å²) in [4.78, 5) is 14.3. The fourth-order valence-electron chi connectivity index (χ4n) is 3.33. The van der Waals surface area contributed by atoms with Crippen LogP contribution in [0.5, 0.6) is 0 Å². The van der Waals surface area contributed by atoms with E-state index in [0.29, 0.717) is 6.42 Å². The normalized spacial score (nSPS) is 26.2. The number of benzene rings is 1. The highest BCUT2D eigenvalue weighted by atomic mass is 16.6. The SMILES string of the molecule is CCC(=O)O[C@]1(c2ccccc2)CCN(C)CC1(C)C. The van der Waals surface area contributed by atoms with Gasteiger partial charge in [-0.25, -0.2) is 0 Å². The number of hydrogen-bond donors (Lipinski definition) is 0. The zero-order chi connectivity index (χ0) is 14.8. The fourth-order valence-corrected chi connectivity index (χ4v) is 3.33. The van der Waals surface area contributed by atoms with Crippen molar-refractivity contribution in [2.45, 2.75) is 39.2 Å². The lowest BCUT2D eigenvalue weighted by molar-refractivity contribution is -0.189. The van der Waals surface area contributed by atoms with Gasteiger partial charge in [-0.05, 0) is 12.6 Å².